The first kappa shape index (κ1) is 10.5. The number of anilines is 1. The summed E-state index contributed by atoms with van der Waals surface area (Å²) < 4.78 is 10.3. The molecule has 0 saturated carbocycles. The van der Waals surface area contributed by atoms with Gasteiger partial charge in [0.2, 0.25) is 0 Å². The van der Waals surface area contributed by atoms with Crippen LogP contribution in [-0.4, -0.2) is 11.8 Å². The molecule has 2 N–H and O–H groups in total. The van der Waals surface area contributed by atoms with Gasteiger partial charge in [-0.3, -0.25) is 0 Å². The second-order valence-corrected chi connectivity index (χ2v) is 3.44. The first-order valence-corrected chi connectivity index (χ1v) is 5.20. The number of rotatable bonds is 4. The minimum Gasteiger partial charge on any atom is -0.494 e. The number of aromatic nitrogens is 1. The standard InChI is InChI=1S/C12H14N2O2/c1-2-15-11-6-4-3-5-9(11)7-10-8-16-14-12(10)13/h3-6,8H,2,7H2,1H3,(H2,13,14). The van der Waals surface area contributed by atoms with Crippen LogP contribution in [0.25, 0.3) is 0 Å². The van der Waals surface area contributed by atoms with E-state index < -0.39 is 0 Å². The molecule has 0 atom stereocenters. The summed E-state index contributed by atoms with van der Waals surface area (Å²) >= 11 is 0. The fourth-order valence-corrected chi connectivity index (χ4v) is 1.55. The van der Waals surface area contributed by atoms with E-state index >= 15 is 0 Å². The van der Waals surface area contributed by atoms with Crippen molar-refractivity contribution in [3.05, 3.63) is 41.7 Å². The van der Waals surface area contributed by atoms with Gasteiger partial charge in [0.05, 0.1) is 6.61 Å². The van der Waals surface area contributed by atoms with Gasteiger partial charge in [0.1, 0.15) is 12.0 Å². The van der Waals surface area contributed by atoms with Crippen LogP contribution in [0.4, 0.5) is 5.82 Å². The third kappa shape index (κ3) is 2.16. The molecule has 2 rings (SSSR count). The summed E-state index contributed by atoms with van der Waals surface area (Å²) in [7, 11) is 0. The van der Waals surface area contributed by atoms with Crippen LogP contribution in [0, 0.1) is 0 Å². The molecule has 0 fully saturated rings. The summed E-state index contributed by atoms with van der Waals surface area (Å²) in [6.45, 7) is 2.61. The van der Waals surface area contributed by atoms with E-state index in [0.29, 0.717) is 18.8 Å². The third-order valence-corrected chi connectivity index (χ3v) is 2.33. The molecule has 4 heteroatoms. The van der Waals surface area contributed by atoms with E-state index in [2.05, 4.69) is 5.16 Å². The van der Waals surface area contributed by atoms with Gasteiger partial charge in [-0.2, -0.15) is 0 Å². The molecule has 0 amide bonds. The quantitative estimate of drug-likeness (QED) is 0.854. The van der Waals surface area contributed by atoms with Crippen molar-refractivity contribution in [1.82, 2.24) is 5.16 Å². The molecule has 1 heterocycles. The highest BCUT2D eigenvalue weighted by Crippen LogP contribution is 2.23. The second kappa shape index (κ2) is 4.70. The van der Waals surface area contributed by atoms with Gasteiger partial charge >= 0.3 is 0 Å². The number of ether oxygens (including phenoxy) is 1. The third-order valence-electron chi connectivity index (χ3n) is 2.33. The van der Waals surface area contributed by atoms with Crippen LogP contribution in [0.2, 0.25) is 0 Å². The minimum absolute atomic E-state index is 0.436. The number of nitrogen functional groups attached to an aromatic ring is 1. The molecule has 0 bridgehead atoms. The Morgan fingerprint density at radius 3 is 2.81 bits per heavy atom. The van der Waals surface area contributed by atoms with Crippen molar-refractivity contribution in [1.29, 1.82) is 0 Å². The summed E-state index contributed by atoms with van der Waals surface area (Å²) in [6, 6.07) is 7.88. The number of hydrogen-bond donors (Lipinski definition) is 1. The molecule has 0 saturated heterocycles. The molecule has 4 nitrogen and oxygen atoms in total. The SMILES string of the molecule is CCOc1ccccc1Cc1conc1N. The zero-order valence-corrected chi connectivity index (χ0v) is 9.14. The Bertz CT molecular complexity index is 466. The topological polar surface area (TPSA) is 61.3 Å². The molecule has 0 radical (unpaired) electrons. The molecule has 0 unspecified atom stereocenters. The summed E-state index contributed by atoms with van der Waals surface area (Å²) in [4.78, 5) is 0. The number of nitrogens with two attached hydrogens (primary N) is 1. The Kier molecular flexibility index (Phi) is 3.10. The summed E-state index contributed by atoms with van der Waals surface area (Å²) in [6.07, 6.45) is 2.24. The van der Waals surface area contributed by atoms with Gasteiger partial charge < -0.3 is 15.0 Å². The van der Waals surface area contributed by atoms with Gasteiger partial charge in [-0.25, -0.2) is 0 Å². The summed E-state index contributed by atoms with van der Waals surface area (Å²) in [5, 5.41) is 3.65. The zero-order chi connectivity index (χ0) is 11.4. The molecule has 0 aliphatic rings. The number of para-hydroxylation sites is 1. The van der Waals surface area contributed by atoms with Crippen LogP contribution >= 0.6 is 0 Å². The van der Waals surface area contributed by atoms with Crippen molar-refractivity contribution >= 4 is 5.82 Å². The molecule has 0 aliphatic heterocycles. The summed E-state index contributed by atoms with van der Waals surface area (Å²) in [5.74, 6) is 1.32. The van der Waals surface area contributed by atoms with Crippen molar-refractivity contribution in [2.75, 3.05) is 12.3 Å². The largest absolute Gasteiger partial charge is 0.494 e. The van der Waals surface area contributed by atoms with E-state index in [1.54, 1.807) is 6.26 Å². The molecule has 2 aromatic rings. The van der Waals surface area contributed by atoms with Gasteiger partial charge in [0.15, 0.2) is 5.82 Å². The molecular formula is C12H14N2O2. The van der Waals surface area contributed by atoms with Crippen LogP contribution in [0.15, 0.2) is 35.1 Å². The Morgan fingerprint density at radius 2 is 2.12 bits per heavy atom. The first-order chi connectivity index (χ1) is 7.81. The monoisotopic (exact) mass is 218 g/mol. The number of benzene rings is 1. The normalized spacial score (nSPS) is 10.3. The molecule has 1 aromatic heterocycles. The Hall–Kier alpha value is -1.97. The molecule has 0 aliphatic carbocycles. The number of nitrogens with zero attached hydrogens (tertiary/aromatic N) is 1. The highest BCUT2D eigenvalue weighted by molar-refractivity contribution is 5.43. The Labute approximate surface area is 94.0 Å². The number of hydrogen-bond acceptors (Lipinski definition) is 4. The molecule has 84 valence electrons. The maximum absolute atomic E-state index is 5.67. The lowest BCUT2D eigenvalue weighted by Gasteiger charge is -2.08. The van der Waals surface area contributed by atoms with Crippen molar-refractivity contribution in [3.8, 4) is 5.75 Å². The van der Waals surface area contributed by atoms with Crippen LogP contribution in [0.3, 0.4) is 0 Å². The highest BCUT2D eigenvalue weighted by atomic mass is 16.5. The van der Waals surface area contributed by atoms with Crippen LogP contribution in [0.1, 0.15) is 18.1 Å². The molecule has 1 aromatic carbocycles. The van der Waals surface area contributed by atoms with Crippen molar-refractivity contribution < 1.29 is 9.26 Å². The van der Waals surface area contributed by atoms with Crippen molar-refractivity contribution in [2.45, 2.75) is 13.3 Å². The highest BCUT2D eigenvalue weighted by Gasteiger charge is 2.08. The fourth-order valence-electron chi connectivity index (χ4n) is 1.55. The van der Waals surface area contributed by atoms with Crippen molar-refractivity contribution in [3.63, 3.8) is 0 Å². The van der Waals surface area contributed by atoms with Gasteiger partial charge in [0, 0.05) is 12.0 Å². The van der Waals surface area contributed by atoms with E-state index in [0.717, 1.165) is 16.9 Å². The summed E-state index contributed by atoms with van der Waals surface area (Å²) in [5.41, 5.74) is 7.63. The van der Waals surface area contributed by atoms with Gasteiger partial charge in [-0.05, 0) is 18.6 Å². The van der Waals surface area contributed by atoms with Gasteiger partial charge in [-0.15, -0.1) is 0 Å². The average Bonchev–Trinajstić information content (AvgIpc) is 2.68. The predicted molar refractivity (Wildman–Crippen MR) is 61.3 cm³/mol. The lowest BCUT2D eigenvalue weighted by molar-refractivity contribution is 0.337. The molecular weight excluding hydrogens is 204 g/mol. The van der Waals surface area contributed by atoms with E-state index in [1.807, 2.05) is 31.2 Å². The smallest absolute Gasteiger partial charge is 0.170 e. The Morgan fingerprint density at radius 1 is 1.31 bits per heavy atom. The average molecular weight is 218 g/mol. The van der Waals surface area contributed by atoms with E-state index in [-0.39, 0.29) is 0 Å². The van der Waals surface area contributed by atoms with E-state index in [9.17, 15) is 0 Å². The Balaban J connectivity index is 2.24. The van der Waals surface area contributed by atoms with Gasteiger partial charge in [0.25, 0.3) is 0 Å². The fraction of sp³-hybridized carbons (Fsp3) is 0.250. The second-order valence-electron chi connectivity index (χ2n) is 3.44. The van der Waals surface area contributed by atoms with Crippen molar-refractivity contribution in [2.24, 2.45) is 0 Å². The first-order valence-electron chi connectivity index (χ1n) is 5.20. The molecule has 16 heavy (non-hydrogen) atoms. The van der Waals surface area contributed by atoms with E-state index in [1.165, 1.54) is 0 Å². The zero-order valence-electron chi connectivity index (χ0n) is 9.14. The lowest BCUT2D eigenvalue weighted by Crippen LogP contribution is -1.98. The maximum atomic E-state index is 5.67. The lowest BCUT2D eigenvalue weighted by atomic mass is 10.1. The molecule has 0 spiro atoms. The maximum Gasteiger partial charge on any atom is 0.170 e. The van der Waals surface area contributed by atoms with E-state index in [4.69, 9.17) is 15.0 Å². The van der Waals surface area contributed by atoms with Crippen LogP contribution in [-0.2, 0) is 6.42 Å². The minimum atomic E-state index is 0.436. The predicted octanol–water partition coefficient (Wildman–Crippen LogP) is 2.25. The van der Waals surface area contributed by atoms with Crippen LogP contribution in [0.5, 0.6) is 5.75 Å². The van der Waals surface area contributed by atoms with Crippen LogP contribution < -0.4 is 10.5 Å². The van der Waals surface area contributed by atoms with Gasteiger partial charge in [-0.1, -0.05) is 23.4 Å².